The Bertz CT molecular complexity index is 549. The maximum Gasteiger partial charge on any atom is 0.418 e. The van der Waals surface area contributed by atoms with E-state index in [-0.39, 0.29) is 36.8 Å². The summed E-state index contributed by atoms with van der Waals surface area (Å²) in [5.41, 5.74) is 6.21. The van der Waals surface area contributed by atoms with Crippen LogP contribution in [0.15, 0.2) is 18.2 Å². The van der Waals surface area contributed by atoms with Crippen LogP contribution in [0.1, 0.15) is 36.5 Å². The molecule has 0 spiro atoms. The summed E-state index contributed by atoms with van der Waals surface area (Å²) in [4.78, 5) is 11.5. The number of hydrogen-bond donors (Lipinski definition) is 1. The number of halogens is 3. The number of esters is 1. The van der Waals surface area contributed by atoms with E-state index in [0.717, 1.165) is 0 Å². The average Bonchev–Trinajstić information content (AvgIpc) is 2.51. The van der Waals surface area contributed by atoms with Crippen molar-refractivity contribution < 1.29 is 32.2 Å². The van der Waals surface area contributed by atoms with Crippen molar-refractivity contribution >= 4 is 11.7 Å². The quantitative estimate of drug-likeness (QED) is 0.576. The first kappa shape index (κ1) is 20.2. The molecule has 0 aliphatic rings. The minimum absolute atomic E-state index is 0.0390. The number of nitrogens with two attached hydrogens (primary N) is 1. The summed E-state index contributed by atoms with van der Waals surface area (Å²) >= 11 is 0. The molecule has 0 heterocycles. The molecule has 1 rings (SSSR count). The van der Waals surface area contributed by atoms with Crippen LogP contribution in [0.25, 0.3) is 0 Å². The maximum absolute atomic E-state index is 13.1. The average molecular weight is 349 g/mol. The number of carbonyl (C=O) groups excluding carboxylic acids is 1. The highest BCUT2D eigenvalue weighted by Gasteiger charge is 2.42. The maximum atomic E-state index is 13.1. The van der Waals surface area contributed by atoms with Gasteiger partial charge in [0.25, 0.3) is 0 Å². The molecular formula is C16H22F3NO4. The van der Waals surface area contributed by atoms with Crippen LogP contribution < -0.4 is 5.73 Å². The molecule has 2 N–H and O–H groups in total. The molecule has 136 valence electrons. The number of benzene rings is 1. The van der Waals surface area contributed by atoms with Gasteiger partial charge >= 0.3 is 12.1 Å². The van der Waals surface area contributed by atoms with Crippen LogP contribution in [0.4, 0.5) is 18.9 Å². The van der Waals surface area contributed by atoms with E-state index in [2.05, 4.69) is 4.74 Å². The monoisotopic (exact) mass is 349 g/mol. The summed E-state index contributed by atoms with van der Waals surface area (Å²) in [5.74, 6) is -0.808. The molecule has 1 aromatic rings. The van der Waals surface area contributed by atoms with Gasteiger partial charge in [-0.15, -0.1) is 0 Å². The summed E-state index contributed by atoms with van der Waals surface area (Å²) in [6.45, 7) is 1.59. The van der Waals surface area contributed by atoms with Gasteiger partial charge in [-0.25, -0.2) is 0 Å². The van der Waals surface area contributed by atoms with Gasteiger partial charge in [0.2, 0.25) is 0 Å². The fraction of sp³-hybridized carbons (Fsp3) is 0.562. The van der Waals surface area contributed by atoms with Crippen LogP contribution in [-0.4, -0.2) is 39.6 Å². The van der Waals surface area contributed by atoms with Crippen molar-refractivity contribution in [1.29, 1.82) is 0 Å². The van der Waals surface area contributed by atoms with Gasteiger partial charge in [0.05, 0.1) is 20.1 Å². The zero-order valence-corrected chi connectivity index (χ0v) is 13.9. The Labute approximate surface area is 138 Å². The fourth-order valence-corrected chi connectivity index (χ4v) is 2.37. The first-order valence-corrected chi connectivity index (χ1v) is 7.37. The van der Waals surface area contributed by atoms with E-state index in [9.17, 15) is 18.0 Å². The molecule has 0 saturated heterocycles. The number of anilines is 1. The second kappa shape index (κ2) is 8.89. The number of hydrogen-bond acceptors (Lipinski definition) is 5. The number of nitrogen functional groups attached to an aromatic ring is 1. The molecule has 24 heavy (non-hydrogen) atoms. The Kier molecular flexibility index (Phi) is 7.50. The van der Waals surface area contributed by atoms with Crippen molar-refractivity contribution in [2.24, 2.45) is 0 Å². The molecule has 2 unspecified atom stereocenters. The Hall–Kier alpha value is -1.80. The lowest BCUT2D eigenvalue weighted by Gasteiger charge is -2.23. The van der Waals surface area contributed by atoms with Gasteiger partial charge < -0.3 is 19.9 Å². The molecule has 0 aliphatic carbocycles. The highest BCUT2D eigenvalue weighted by atomic mass is 19.4. The van der Waals surface area contributed by atoms with Gasteiger partial charge in [-0.1, -0.05) is 12.1 Å². The second-order valence-electron chi connectivity index (χ2n) is 5.20. The number of alkyl halides is 3. The van der Waals surface area contributed by atoms with Crippen molar-refractivity contribution in [3.05, 3.63) is 29.3 Å². The molecule has 0 radical (unpaired) electrons. The van der Waals surface area contributed by atoms with Crippen molar-refractivity contribution in [3.63, 3.8) is 0 Å². The highest BCUT2D eigenvalue weighted by molar-refractivity contribution is 5.70. The number of carbonyl (C=O) groups is 1. The molecular weight excluding hydrogens is 327 g/mol. The molecule has 2 atom stereocenters. The first-order valence-electron chi connectivity index (χ1n) is 7.37. The van der Waals surface area contributed by atoms with E-state index in [1.165, 1.54) is 39.3 Å². The lowest BCUT2D eigenvalue weighted by atomic mass is 9.93. The van der Waals surface area contributed by atoms with Crippen LogP contribution >= 0.6 is 0 Å². The van der Waals surface area contributed by atoms with Crippen LogP contribution in [0.2, 0.25) is 0 Å². The van der Waals surface area contributed by atoms with Gasteiger partial charge in [-0.05, 0) is 18.6 Å². The number of methoxy groups -OCH3 is 2. The van der Waals surface area contributed by atoms with Crippen molar-refractivity contribution in [2.75, 3.05) is 33.2 Å². The predicted molar refractivity (Wildman–Crippen MR) is 82.5 cm³/mol. The van der Waals surface area contributed by atoms with Gasteiger partial charge in [0.1, 0.15) is 0 Å². The van der Waals surface area contributed by atoms with Crippen molar-refractivity contribution in [1.82, 2.24) is 0 Å². The zero-order valence-electron chi connectivity index (χ0n) is 13.9. The molecule has 0 saturated carbocycles. The Morgan fingerprint density at radius 2 is 1.96 bits per heavy atom. The lowest BCUT2D eigenvalue weighted by Crippen LogP contribution is -2.25. The van der Waals surface area contributed by atoms with E-state index < -0.39 is 18.2 Å². The molecule has 8 heteroatoms. The van der Waals surface area contributed by atoms with E-state index in [1.807, 2.05) is 0 Å². The van der Waals surface area contributed by atoms with E-state index >= 15 is 0 Å². The minimum Gasteiger partial charge on any atom is -0.469 e. The largest absolute Gasteiger partial charge is 0.469 e. The fourth-order valence-electron chi connectivity index (χ4n) is 2.37. The van der Waals surface area contributed by atoms with E-state index in [4.69, 9.17) is 15.2 Å². The van der Waals surface area contributed by atoms with E-state index in [1.54, 1.807) is 0 Å². The molecule has 0 aliphatic heterocycles. The molecule has 0 amide bonds. The Morgan fingerprint density at radius 1 is 1.29 bits per heavy atom. The predicted octanol–water partition coefficient (Wildman–Crippen LogP) is 3.20. The van der Waals surface area contributed by atoms with Crippen molar-refractivity contribution in [3.8, 4) is 0 Å². The number of ether oxygens (including phenoxy) is 3. The normalized spacial score (nSPS) is 14.2. The molecule has 5 nitrogen and oxygen atoms in total. The Morgan fingerprint density at radius 3 is 2.42 bits per heavy atom. The third-order valence-corrected chi connectivity index (χ3v) is 3.50. The zero-order chi connectivity index (χ0) is 18.3. The van der Waals surface area contributed by atoms with Gasteiger partial charge in [0, 0.05) is 30.9 Å². The van der Waals surface area contributed by atoms with Crippen LogP contribution in [0.5, 0.6) is 0 Å². The van der Waals surface area contributed by atoms with Crippen LogP contribution in [-0.2, 0) is 19.0 Å². The van der Waals surface area contributed by atoms with Crippen LogP contribution in [0.3, 0.4) is 0 Å². The molecule has 1 aromatic carbocycles. The van der Waals surface area contributed by atoms with Gasteiger partial charge in [-0.3, -0.25) is 4.79 Å². The first-order chi connectivity index (χ1) is 11.2. The highest BCUT2D eigenvalue weighted by Crippen LogP contribution is 2.39. The lowest BCUT2D eigenvalue weighted by molar-refractivity contribution is -0.222. The summed E-state index contributed by atoms with van der Waals surface area (Å²) in [7, 11) is 2.73. The SMILES string of the molecule is CCOC(c1ccc(C(COC)CC(=O)OC)cc1N)C(F)(F)F. The summed E-state index contributed by atoms with van der Waals surface area (Å²) in [6.07, 6.45) is -6.61. The molecule has 0 aromatic heterocycles. The van der Waals surface area contributed by atoms with E-state index in [0.29, 0.717) is 5.56 Å². The minimum atomic E-state index is -4.57. The summed E-state index contributed by atoms with van der Waals surface area (Å²) < 4.78 is 53.8. The topological polar surface area (TPSA) is 70.8 Å². The van der Waals surface area contributed by atoms with Crippen molar-refractivity contribution in [2.45, 2.75) is 31.5 Å². The number of rotatable bonds is 8. The molecule has 0 bridgehead atoms. The third kappa shape index (κ3) is 5.38. The van der Waals surface area contributed by atoms with Gasteiger partial charge in [-0.2, -0.15) is 13.2 Å². The summed E-state index contributed by atoms with van der Waals surface area (Å²) in [5, 5.41) is 0. The second-order valence-corrected chi connectivity index (χ2v) is 5.20. The standard InChI is InChI=1S/C16H22F3NO4/c1-4-24-15(16(17,18)19)12-6-5-10(7-13(12)20)11(9-22-2)8-14(21)23-3/h5-7,11,15H,4,8-9,20H2,1-3H3. The Balaban J connectivity index is 3.13. The molecule has 0 fully saturated rings. The third-order valence-electron chi connectivity index (χ3n) is 3.50. The van der Waals surface area contributed by atoms with Crippen LogP contribution in [0, 0.1) is 0 Å². The van der Waals surface area contributed by atoms with Gasteiger partial charge in [0.15, 0.2) is 6.10 Å². The summed E-state index contributed by atoms with van der Waals surface area (Å²) in [6, 6.07) is 4.19. The smallest absolute Gasteiger partial charge is 0.418 e.